The quantitative estimate of drug-likeness (QED) is 0.0261. The second-order valence-corrected chi connectivity index (χ2v) is 23.4. The Bertz CT molecular complexity index is 1530. The van der Waals surface area contributed by atoms with E-state index >= 15 is 0 Å². The third-order valence-corrected chi connectivity index (χ3v) is 15.4. The lowest BCUT2D eigenvalue weighted by molar-refractivity contribution is -0.167. The number of carbonyl (C=O) groups is 3. The summed E-state index contributed by atoms with van der Waals surface area (Å²) in [6.45, 7) is 6.58. The largest absolute Gasteiger partial charge is 0.462 e. The van der Waals surface area contributed by atoms with Gasteiger partial charge in [0.05, 0.1) is 0 Å². The van der Waals surface area contributed by atoms with Crippen LogP contribution >= 0.6 is 0 Å². The molecule has 0 rings (SSSR count). The van der Waals surface area contributed by atoms with Crippen molar-refractivity contribution < 1.29 is 28.6 Å². The van der Waals surface area contributed by atoms with Crippen LogP contribution in [0.5, 0.6) is 0 Å². The first-order valence-corrected chi connectivity index (χ1v) is 35.1. The molecule has 0 aromatic heterocycles. The van der Waals surface area contributed by atoms with Crippen LogP contribution in [0.4, 0.5) is 0 Å². The zero-order chi connectivity index (χ0) is 58.5. The molecule has 0 radical (unpaired) electrons. The molecule has 0 bridgehead atoms. The highest BCUT2D eigenvalue weighted by Gasteiger charge is 2.19. The minimum Gasteiger partial charge on any atom is -0.462 e. The van der Waals surface area contributed by atoms with Crippen molar-refractivity contribution in [2.24, 2.45) is 0 Å². The average molecular weight is 1130 g/mol. The van der Waals surface area contributed by atoms with E-state index in [0.717, 1.165) is 103 Å². The van der Waals surface area contributed by atoms with Crippen molar-refractivity contribution in [3.63, 3.8) is 0 Å². The second-order valence-electron chi connectivity index (χ2n) is 23.4. The zero-order valence-corrected chi connectivity index (χ0v) is 53.8. The molecule has 0 spiro atoms. The van der Waals surface area contributed by atoms with E-state index in [2.05, 4.69) is 106 Å². The van der Waals surface area contributed by atoms with Crippen LogP contribution in [0.25, 0.3) is 0 Å². The Balaban J connectivity index is 4.21. The summed E-state index contributed by atoms with van der Waals surface area (Å²) in [4.78, 5) is 38.4. The van der Waals surface area contributed by atoms with E-state index in [1.165, 1.54) is 212 Å². The van der Waals surface area contributed by atoms with E-state index in [-0.39, 0.29) is 31.1 Å². The molecule has 0 aliphatic heterocycles. The third kappa shape index (κ3) is 67.3. The highest BCUT2D eigenvalue weighted by molar-refractivity contribution is 5.71. The molecule has 0 aromatic carbocycles. The first-order chi connectivity index (χ1) is 40.0. The van der Waals surface area contributed by atoms with Crippen LogP contribution in [0.15, 0.2) is 85.1 Å². The minimum atomic E-state index is -0.774. The highest BCUT2D eigenvalue weighted by atomic mass is 16.6. The summed E-state index contributed by atoms with van der Waals surface area (Å²) < 4.78 is 17.0. The summed E-state index contributed by atoms with van der Waals surface area (Å²) in [5.74, 6) is -0.851. The summed E-state index contributed by atoms with van der Waals surface area (Å²) >= 11 is 0. The van der Waals surface area contributed by atoms with Crippen LogP contribution in [-0.4, -0.2) is 37.2 Å². The van der Waals surface area contributed by atoms with Gasteiger partial charge in [-0.3, -0.25) is 14.4 Å². The van der Waals surface area contributed by atoms with Crippen LogP contribution in [-0.2, 0) is 28.6 Å². The van der Waals surface area contributed by atoms with E-state index in [9.17, 15) is 14.4 Å². The second kappa shape index (κ2) is 69.1. The van der Waals surface area contributed by atoms with E-state index < -0.39 is 6.10 Å². The fourth-order valence-corrected chi connectivity index (χ4v) is 10.2. The molecule has 468 valence electrons. The molecule has 6 heteroatoms. The smallest absolute Gasteiger partial charge is 0.306 e. The maximum atomic E-state index is 12.9. The van der Waals surface area contributed by atoms with Gasteiger partial charge in [-0.15, -0.1) is 0 Å². The summed E-state index contributed by atoms with van der Waals surface area (Å²) in [6, 6.07) is 0. The molecule has 0 N–H and O–H groups in total. The molecule has 0 aliphatic carbocycles. The Morgan fingerprint density at radius 3 is 0.753 bits per heavy atom. The highest BCUT2D eigenvalue weighted by Crippen LogP contribution is 2.18. The minimum absolute atomic E-state index is 0.0703. The predicted molar refractivity (Wildman–Crippen MR) is 353 cm³/mol. The molecule has 0 saturated carbocycles. The van der Waals surface area contributed by atoms with Gasteiger partial charge < -0.3 is 14.2 Å². The monoisotopic (exact) mass is 1130 g/mol. The average Bonchev–Trinajstić information content (AvgIpc) is 3.47. The van der Waals surface area contributed by atoms with Gasteiger partial charge in [-0.1, -0.05) is 343 Å². The van der Waals surface area contributed by atoms with Gasteiger partial charge in [-0.2, -0.15) is 0 Å². The number of hydrogen-bond acceptors (Lipinski definition) is 6. The summed E-state index contributed by atoms with van der Waals surface area (Å²) in [6.07, 6.45) is 91.7. The van der Waals surface area contributed by atoms with Crippen molar-refractivity contribution in [2.45, 2.75) is 361 Å². The lowest BCUT2D eigenvalue weighted by atomic mass is 10.0. The zero-order valence-electron chi connectivity index (χ0n) is 53.8. The first kappa shape index (κ1) is 77.6. The van der Waals surface area contributed by atoms with Gasteiger partial charge in [0.15, 0.2) is 6.10 Å². The lowest BCUT2D eigenvalue weighted by Crippen LogP contribution is -2.30. The molecule has 0 fully saturated rings. The molecule has 0 aromatic rings. The van der Waals surface area contributed by atoms with Crippen molar-refractivity contribution in [3.8, 4) is 0 Å². The lowest BCUT2D eigenvalue weighted by Gasteiger charge is -2.18. The van der Waals surface area contributed by atoms with Gasteiger partial charge in [0, 0.05) is 19.3 Å². The van der Waals surface area contributed by atoms with Crippen molar-refractivity contribution in [1.82, 2.24) is 0 Å². The Kier molecular flexibility index (Phi) is 66.2. The van der Waals surface area contributed by atoms with Crippen LogP contribution < -0.4 is 0 Å². The normalized spacial score (nSPS) is 12.6. The molecule has 0 aliphatic rings. The van der Waals surface area contributed by atoms with Gasteiger partial charge in [0.1, 0.15) is 13.2 Å². The Morgan fingerprint density at radius 1 is 0.259 bits per heavy atom. The van der Waals surface area contributed by atoms with Crippen LogP contribution in [0, 0.1) is 0 Å². The third-order valence-electron chi connectivity index (χ3n) is 15.4. The Hall–Kier alpha value is -3.41. The molecule has 6 nitrogen and oxygen atoms in total. The summed E-state index contributed by atoms with van der Waals surface area (Å²) in [5.41, 5.74) is 0. The van der Waals surface area contributed by atoms with E-state index in [4.69, 9.17) is 14.2 Å². The number of allylic oxidation sites excluding steroid dienone is 14. The van der Waals surface area contributed by atoms with Crippen LogP contribution in [0.1, 0.15) is 355 Å². The predicted octanol–water partition coefficient (Wildman–Crippen LogP) is 24.2. The molecule has 0 heterocycles. The number of esters is 3. The van der Waals surface area contributed by atoms with E-state index in [1.54, 1.807) is 0 Å². The number of carbonyl (C=O) groups excluding carboxylic acids is 3. The van der Waals surface area contributed by atoms with Crippen molar-refractivity contribution >= 4 is 17.9 Å². The van der Waals surface area contributed by atoms with E-state index in [1.807, 2.05) is 0 Å². The molecule has 1 atom stereocenters. The van der Waals surface area contributed by atoms with E-state index in [0.29, 0.717) is 19.3 Å². The number of unbranched alkanes of at least 4 members (excludes halogenated alkanes) is 39. The number of ether oxygens (including phenoxy) is 3. The molecule has 0 amide bonds. The van der Waals surface area contributed by atoms with Crippen molar-refractivity contribution in [3.05, 3.63) is 85.1 Å². The van der Waals surface area contributed by atoms with Crippen LogP contribution in [0.3, 0.4) is 0 Å². The number of hydrogen-bond donors (Lipinski definition) is 0. The SMILES string of the molecule is CC/C=C\C/C=C\C/C=C\C/C=C\C/C=C\C/C=C\C/C=C\CCCCCCCCCCCCCC(=O)OCC(COC(=O)CCCCCCCCCCCCCCCCC)OC(=O)CCCCCCCCCCCCCCCCC. The van der Waals surface area contributed by atoms with Crippen molar-refractivity contribution in [2.75, 3.05) is 13.2 Å². The maximum absolute atomic E-state index is 12.9. The van der Waals surface area contributed by atoms with Gasteiger partial charge in [-0.05, 0) is 77.0 Å². The fraction of sp³-hybridized carbons (Fsp3) is 0.773. The van der Waals surface area contributed by atoms with Gasteiger partial charge in [-0.25, -0.2) is 0 Å². The molecule has 0 saturated heterocycles. The standard InChI is InChI=1S/C75H132O6/c1-4-7-10-13-16-19-22-25-28-29-30-31-32-33-34-35-36-37-38-39-40-41-42-43-44-45-48-50-53-56-59-62-65-68-74(77)80-71-72(81-75(78)69-66-63-60-57-54-51-47-27-24-21-18-15-12-9-6-3)70-79-73(76)67-64-61-58-55-52-49-46-26-23-20-17-14-11-8-5-2/h7,10,16,19,25,28,30-31,33-34,36-37,39-40,72H,4-6,8-9,11-15,17-18,20-24,26-27,29,32,35,38,41-71H2,1-3H3/b10-7-,19-16-,28-25-,31-30-,34-33-,37-36-,40-39-. The molecule has 81 heavy (non-hydrogen) atoms. The first-order valence-electron chi connectivity index (χ1n) is 35.1. The number of rotatable bonds is 64. The van der Waals surface area contributed by atoms with Crippen molar-refractivity contribution in [1.29, 1.82) is 0 Å². The molecular weight excluding hydrogens is 997 g/mol. The summed E-state index contributed by atoms with van der Waals surface area (Å²) in [7, 11) is 0. The van der Waals surface area contributed by atoms with Gasteiger partial charge in [0.25, 0.3) is 0 Å². The summed E-state index contributed by atoms with van der Waals surface area (Å²) in [5, 5.41) is 0. The fourth-order valence-electron chi connectivity index (χ4n) is 10.2. The Labute approximate surface area is 503 Å². The maximum Gasteiger partial charge on any atom is 0.306 e. The van der Waals surface area contributed by atoms with Gasteiger partial charge >= 0.3 is 17.9 Å². The molecular formula is C75H132O6. The molecule has 1 unspecified atom stereocenters. The Morgan fingerprint density at radius 2 is 0.481 bits per heavy atom. The van der Waals surface area contributed by atoms with Gasteiger partial charge in [0.2, 0.25) is 0 Å². The topological polar surface area (TPSA) is 78.9 Å². The van der Waals surface area contributed by atoms with Crippen LogP contribution in [0.2, 0.25) is 0 Å².